The van der Waals surface area contributed by atoms with E-state index in [0.29, 0.717) is 22.0 Å². The molecule has 0 saturated heterocycles. The molecule has 1 N–H and O–H groups in total. The van der Waals surface area contributed by atoms with Gasteiger partial charge in [0.05, 0.1) is 5.02 Å². The van der Waals surface area contributed by atoms with Crippen LogP contribution in [0.3, 0.4) is 0 Å². The van der Waals surface area contributed by atoms with Gasteiger partial charge >= 0.3 is 0 Å². The Kier molecular flexibility index (Phi) is 4.98. The molecule has 0 spiro atoms. The zero-order chi connectivity index (χ0) is 15.4. The van der Waals surface area contributed by atoms with Crippen molar-refractivity contribution < 1.29 is 9.59 Å². The van der Waals surface area contributed by atoms with Gasteiger partial charge in [-0.1, -0.05) is 23.7 Å². The largest absolute Gasteiger partial charge is 0.355 e. The van der Waals surface area contributed by atoms with Crippen molar-refractivity contribution in [2.75, 3.05) is 14.1 Å². The molecule has 21 heavy (non-hydrogen) atoms. The van der Waals surface area contributed by atoms with Gasteiger partial charge < -0.3 is 10.2 Å². The zero-order valence-electron chi connectivity index (χ0n) is 11.7. The topological polar surface area (TPSA) is 49.4 Å². The molecule has 0 unspecified atom stereocenters. The van der Waals surface area contributed by atoms with E-state index < -0.39 is 0 Å². The molecule has 4 nitrogen and oxygen atoms in total. The van der Waals surface area contributed by atoms with E-state index in [1.807, 2.05) is 12.1 Å². The molecule has 6 heteroatoms. The summed E-state index contributed by atoms with van der Waals surface area (Å²) in [7, 11) is 3.32. The Labute approximate surface area is 132 Å². The first-order chi connectivity index (χ1) is 10.0. The van der Waals surface area contributed by atoms with Gasteiger partial charge in [0, 0.05) is 26.2 Å². The minimum absolute atomic E-state index is 0.106. The Morgan fingerprint density at radius 2 is 1.90 bits per heavy atom. The highest BCUT2D eigenvalue weighted by molar-refractivity contribution is 7.12. The molecule has 0 saturated carbocycles. The zero-order valence-corrected chi connectivity index (χ0v) is 13.3. The van der Waals surface area contributed by atoms with E-state index in [2.05, 4.69) is 5.32 Å². The molecule has 0 bridgehead atoms. The highest BCUT2D eigenvalue weighted by Gasteiger charge is 2.16. The van der Waals surface area contributed by atoms with Gasteiger partial charge in [-0.2, -0.15) is 0 Å². The minimum Gasteiger partial charge on any atom is -0.355 e. The molecule has 1 aromatic heterocycles. The third-order valence-corrected chi connectivity index (χ3v) is 4.35. The van der Waals surface area contributed by atoms with Crippen molar-refractivity contribution in [3.05, 3.63) is 56.7 Å². The molecule has 0 radical (unpaired) electrons. The molecule has 0 fully saturated rings. The van der Waals surface area contributed by atoms with Crippen molar-refractivity contribution in [2.45, 2.75) is 6.54 Å². The maximum atomic E-state index is 12.2. The molecule has 2 rings (SSSR count). The van der Waals surface area contributed by atoms with Gasteiger partial charge in [0.1, 0.15) is 4.88 Å². The first-order valence-electron chi connectivity index (χ1n) is 6.32. The third kappa shape index (κ3) is 3.62. The Morgan fingerprint density at radius 3 is 2.43 bits per heavy atom. The van der Waals surface area contributed by atoms with Crippen molar-refractivity contribution in [1.82, 2.24) is 10.2 Å². The minimum atomic E-state index is -0.128. The average molecular weight is 323 g/mol. The summed E-state index contributed by atoms with van der Waals surface area (Å²) in [5.41, 5.74) is 1.54. The highest BCUT2D eigenvalue weighted by Crippen LogP contribution is 2.23. The number of benzene rings is 1. The lowest BCUT2D eigenvalue weighted by atomic mass is 10.1. The molecular formula is C15H15ClN2O2S. The number of amides is 2. The summed E-state index contributed by atoms with van der Waals surface area (Å²) in [6, 6.07) is 8.87. The first kappa shape index (κ1) is 15.5. The number of nitrogens with zero attached hydrogens (tertiary/aromatic N) is 1. The Balaban J connectivity index is 2.06. The van der Waals surface area contributed by atoms with Crippen molar-refractivity contribution >= 4 is 34.8 Å². The summed E-state index contributed by atoms with van der Waals surface area (Å²) in [5, 5.41) is 4.84. The van der Waals surface area contributed by atoms with Crippen LogP contribution in [0, 0.1) is 0 Å². The molecule has 1 heterocycles. The maximum absolute atomic E-state index is 12.2. The average Bonchev–Trinajstić information content (AvgIpc) is 2.92. The highest BCUT2D eigenvalue weighted by atomic mass is 35.5. The standard InChI is InChI=1S/C15H15ClN2O2S/c1-17-14(19)11-5-3-10(4-6-11)9-18(2)15(20)13-12(16)7-8-21-13/h3-8H,9H2,1-2H3,(H,17,19). The molecule has 0 aliphatic heterocycles. The van der Waals surface area contributed by atoms with Gasteiger partial charge in [0.25, 0.3) is 11.8 Å². The summed E-state index contributed by atoms with van der Waals surface area (Å²) in [4.78, 5) is 25.8. The number of thiophene rings is 1. The molecule has 2 amide bonds. The number of hydrogen-bond donors (Lipinski definition) is 1. The van der Waals surface area contributed by atoms with Gasteiger partial charge in [-0.05, 0) is 29.1 Å². The van der Waals surface area contributed by atoms with Crippen LogP contribution >= 0.6 is 22.9 Å². The van der Waals surface area contributed by atoms with Gasteiger partial charge in [-0.15, -0.1) is 11.3 Å². The van der Waals surface area contributed by atoms with Crippen LogP contribution in [0.1, 0.15) is 25.6 Å². The lowest BCUT2D eigenvalue weighted by molar-refractivity contribution is 0.0789. The van der Waals surface area contributed by atoms with Gasteiger partial charge in [-0.25, -0.2) is 0 Å². The number of rotatable bonds is 4. The van der Waals surface area contributed by atoms with E-state index in [-0.39, 0.29) is 11.8 Å². The van der Waals surface area contributed by atoms with Gasteiger partial charge in [0.15, 0.2) is 0 Å². The number of hydrogen-bond acceptors (Lipinski definition) is 3. The second-order valence-electron chi connectivity index (χ2n) is 4.53. The second-order valence-corrected chi connectivity index (χ2v) is 5.86. The van der Waals surface area contributed by atoms with Crippen LogP contribution < -0.4 is 5.32 Å². The molecule has 1 aromatic carbocycles. The number of carbonyl (C=O) groups is 2. The smallest absolute Gasteiger partial charge is 0.265 e. The maximum Gasteiger partial charge on any atom is 0.265 e. The van der Waals surface area contributed by atoms with Crippen LogP contribution in [0.5, 0.6) is 0 Å². The van der Waals surface area contributed by atoms with Gasteiger partial charge in [-0.3, -0.25) is 9.59 Å². The summed E-state index contributed by atoms with van der Waals surface area (Å²) in [6.45, 7) is 0.459. The molecule has 0 aliphatic rings. The molecule has 110 valence electrons. The SMILES string of the molecule is CNC(=O)c1ccc(CN(C)C(=O)c2sccc2Cl)cc1. The van der Waals surface area contributed by atoms with E-state index >= 15 is 0 Å². The van der Waals surface area contributed by atoms with E-state index in [1.165, 1.54) is 11.3 Å². The Morgan fingerprint density at radius 1 is 1.24 bits per heavy atom. The van der Waals surface area contributed by atoms with E-state index in [9.17, 15) is 9.59 Å². The van der Waals surface area contributed by atoms with E-state index in [0.717, 1.165) is 5.56 Å². The quantitative estimate of drug-likeness (QED) is 0.940. The third-order valence-electron chi connectivity index (χ3n) is 3.02. The fourth-order valence-corrected chi connectivity index (χ4v) is 3.00. The van der Waals surface area contributed by atoms with E-state index in [1.54, 1.807) is 42.6 Å². The fraction of sp³-hybridized carbons (Fsp3) is 0.200. The first-order valence-corrected chi connectivity index (χ1v) is 7.58. The molecule has 0 aliphatic carbocycles. The van der Waals surface area contributed by atoms with Crippen molar-refractivity contribution in [3.63, 3.8) is 0 Å². The summed E-state index contributed by atoms with van der Waals surface area (Å²) in [6.07, 6.45) is 0. The number of halogens is 1. The van der Waals surface area contributed by atoms with Crippen LogP contribution in [-0.4, -0.2) is 30.8 Å². The van der Waals surface area contributed by atoms with Crippen LogP contribution in [-0.2, 0) is 6.54 Å². The van der Waals surface area contributed by atoms with Crippen LogP contribution in [0.4, 0.5) is 0 Å². The van der Waals surface area contributed by atoms with E-state index in [4.69, 9.17) is 11.6 Å². The molecule has 2 aromatic rings. The predicted octanol–water partition coefficient (Wildman–Crippen LogP) is 3.03. The fourth-order valence-electron chi connectivity index (χ4n) is 1.87. The normalized spacial score (nSPS) is 10.2. The molecule has 0 atom stereocenters. The number of nitrogens with one attached hydrogen (secondary N) is 1. The Hall–Kier alpha value is -1.85. The number of carbonyl (C=O) groups excluding carboxylic acids is 2. The second kappa shape index (κ2) is 6.74. The van der Waals surface area contributed by atoms with Gasteiger partial charge in [0.2, 0.25) is 0 Å². The molecular weight excluding hydrogens is 308 g/mol. The predicted molar refractivity (Wildman–Crippen MR) is 85.0 cm³/mol. The van der Waals surface area contributed by atoms with Crippen molar-refractivity contribution in [2.24, 2.45) is 0 Å². The summed E-state index contributed by atoms with van der Waals surface area (Å²) in [5.74, 6) is -0.235. The summed E-state index contributed by atoms with van der Waals surface area (Å²) >= 11 is 7.30. The monoisotopic (exact) mass is 322 g/mol. The lowest BCUT2D eigenvalue weighted by Gasteiger charge is -2.16. The summed E-state index contributed by atoms with van der Waals surface area (Å²) < 4.78 is 0. The van der Waals surface area contributed by atoms with Crippen molar-refractivity contribution in [1.29, 1.82) is 0 Å². The van der Waals surface area contributed by atoms with Crippen LogP contribution in [0.2, 0.25) is 5.02 Å². The van der Waals surface area contributed by atoms with Crippen LogP contribution in [0.25, 0.3) is 0 Å². The van der Waals surface area contributed by atoms with Crippen molar-refractivity contribution in [3.8, 4) is 0 Å². The Bertz CT molecular complexity index is 652. The lowest BCUT2D eigenvalue weighted by Crippen LogP contribution is -2.25. The van der Waals surface area contributed by atoms with Crippen LogP contribution in [0.15, 0.2) is 35.7 Å².